The number of nitrogens with zero attached hydrogens (tertiary/aromatic N) is 1. The number of H-pyrrole nitrogens is 1. The number of rotatable bonds is 5. The molecule has 0 fully saturated rings. The number of hydrogen-bond donors (Lipinski definition) is 3. The van der Waals surface area contributed by atoms with Crippen LogP contribution in [0, 0.1) is 0 Å². The van der Waals surface area contributed by atoms with Gasteiger partial charge in [-0.05, 0) is 38.1 Å². The van der Waals surface area contributed by atoms with Gasteiger partial charge in [0.15, 0.2) is 0 Å². The number of benzene rings is 1. The van der Waals surface area contributed by atoms with Crippen molar-refractivity contribution < 1.29 is 4.79 Å². The van der Waals surface area contributed by atoms with E-state index in [-0.39, 0.29) is 11.9 Å². The maximum Gasteiger partial charge on any atom is 0.251 e. The van der Waals surface area contributed by atoms with Gasteiger partial charge in [0.05, 0.1) is 6.54 Å². The third kappa shape index (κ3) is 3.84. The Labute approximate surface area is 112 Å². The van der Waals surface area contributed by atoms with E-state index in [0.717, 1.165) is 11.5 Å². The summed E-state index contributed by atoms with van der Waals surface area (Å²) in [4.78, 5) is 18.9. The van der Waals surface area contributed by atoms with Gasteiger partial charge in [0, 0.05) is 29.7 Å². The van der Waals surface area contributed by atoms with Crippen LogP contribution in [0.3, 0.4) is 0 Å². The highest BCUT2D eigenvalue weighted by atomic mass is 16.1. The second-order valence-corrected chi connectivity index (χ2v) is 4.59. The predicted octanol–water partition coefficient (Wildman–Crippen LogP) is 2.16. The predicted molar refractivity (Wildman–Crippen MR) is 75.0 cm³/mol. The highest BCUT2D eigenvalue weighted by Gasteiger charge is 2.06. The Morgan fingerprint density at radius 3 is 2.63 bits per heavy atom. The minimum Gasteiger partial charge on any atom is -0.378 e. The van der Waals surface area contributed by atoms with Crippen LogP contribution in [0.4, 0.5) is 5.69 Å². The topological polar surface area (TPSA) is 69.8 Å². The zero-order chi connectivity index (χ0) is 13.7. The van der Waals surface area contributed by atoms with Crippen LogP contribution >= 0.6 is 0 Å². The largest absolute Gasteiger partial charge is 0.378 e. The smallest absolute Gasteiger partial charge is 0.251 e. The van der Waals surface area contributed by atoms with Crippen LogP contribution in [-0.4, -0.2) is 21.9 Å². The van der Waals surface area contributed by atoms with Crippen LogP contribution in [0.1, 0.15) is 30.0 Å². The van der Waals surface area contributed by atoms with Crippen LogP contribution in [0.15, 0.2) is 36.7 Å². The first-order valence-electron chi connectivity index (χ1n) is 6.28. The minimum atomic E-state index is -0.0485. The second kappa shape index (κ2) is 6.04. The summed E-state index contributed by atoms with van der Waals surface area (Å²) in [7, 11) is 0. The van der Waals surface area contributed by atoms with Crippen molar-refractivity contribution in [2.75, 3.05) is 5.32 Å². The third-order valence-electron chi connectivity index (χ3n) is 2.58. The van der Waals surface area contributed by atoms with Gasteiger partial charge in [-0.3, -0.25) is 4.79 Å². The fourth-order valence-corrected chi connectivity index (χ4v) is 1.67. The molecule has 1 aromatic heterocycles. The van der Waals surface area contributed by atoms with Crippen molar-refractivity contribution in [1.82, 2.24) is 15.3 Å². The Bertz CT molecular complexity index is 517. The van der Waals surface area contributed by atoms with Gasteiger partial charge in [-0.15, -0.1) is 0 Å². The molecule has 0 bridgehead atoms. The number of carbonyl (C=O) groups excluding carboxylic acids is 1. The fourth-order valence-electron chi connectivity index (χ4n) is 1.67. The first-order valence-corrected chi connectivity index (χ1v) is 6.28. The summed E-state index contributed by atoms with van der Waals surface area (Å²) in [5, 5.41) is 6.09. The van der Waals surface area contributed by atoms with E-state index in [2.05, 4.69) is 20.6 Å². The van der Waals surface area contributed by atoms with E-state index in [9.17, 15) is 4.79 Å². The molecule has 5 nitrogen and oxygen atoms in total. The number of aromatic amines is 1. The molecule has 0 aliphatic carbocycles. The Kier molecular flexibility index (Phi) is 4.18. The molecule has 1 amide bonds. The van der Waals surface area contributed by atoms with Crippen LogP contribution in [0.25, 0.3) is 0 Å². The van der Waals surface area contributed by atoms with Gasteiger partial charge in [-0.1, -0.05) is 0 Å². The Hall–Kier alpha value is -2.30. The molecule has 0 saturated heterocycles. The average Bonchev–Trinajstić information content (AvgIpc) is 2.89. The average molecular weight is 258 g/mol. The van der Waals surface area contributed by atoms with Gasteiger partial charge in [0.2, 0.25) is 0 Å². The highest BCUT2D eigenvalue weighted by molar-refractivity contribution is 5.94. The summed E-state index contributed by atoms with van der Waals surface area (Å²) >= 11 is 0. The summed E-state index contributed by atoms with van der Waals surface area (Å²) in [5.74, 6) is 0.828. The monoisotopic (exact) mass is 258 g/mol. The van der Waals surface area contributed by atoms with Crippen molar-refractivity contribution in [3.63, 3.8) is 0 Å². The zero-order valence-corrected chi connectivity index (χ0v) is 11.1. The van der Waals surface area contributed by atoms with E-state index in [1.807, 2.05) is 38.1 Å². The molecule has 0 aliphatic heterocycles. The summed E-state index contributed by atoms with van der Waals surface area (Å²) in [6, 6.07) is 7.53. The van der Waals surface area contributed by atoms with E-state index in [1.165, 1.54) is 0 Å². The number of amides is 1. The number of carbonyl (C=O) groups is 1. The fraction of sp³-hybridized carbons (Fsp3) is 0.286. The maximum absolute atomic E-state index is 11.8. The summed E-state index contributed by atoms with van der Waals surface area (Å²) in [6.07, 6.45) is 3.51. The molecule has 2 aromatic rings. The van der Waals surface area contributed by atoms with Crippen molar-refractivity contribution in [1.29, 1.82) is 0 Å². The lowest BCUT2D eigenvalue weighted by Crippen LogP contribution is -2.29. The second-order valence-electron chi connectivity index (χ2n) is 4.59. The first-order chi connectivity index (χ1) is 9.15. The molecule has 100 valence electrons. The van der Waals surface area contributed by atoms with Gasteiger partial charge in [-0.25, -0.2) is 4.98 Å². The molecule has 0 spiro atoms. The van der Waals surface area contributed by atoms with Crippen molar-refractivity contribution in [2.45, 2.75) is 26.4 Å². The summed E-state index contributed by atoms with van der Waals surface area (Å²) < 4.78 is 0. The van der Waals surface area contributed by atoms with E-state index >= 15 is 0 Å². The SMILES string of the molecule is CC(C)NC(=O)c1ccc(NCc2ncc[nH]2)cc1. The molecule has 19 heavy (non-hydrogen) atoms. The lowest BCUT2D eigenvalue weighted by Gasteiger charge is -2.09. The van der Waals surface area contributed by atoms with Gasteiger partial charge in [0.1, 0.15) is 5.82 Å². The Balaban J connectivity index is 1.92. The number of imidazole rings is 1. The Morgan fingerprint density at radius 2 is 2.05 bits per heavy atom. The molecule has 0 atom stereocenters. The molecule has 5 heteroatoms. The summed E-state index contributed by atoms with van der Waals surface area (Å²) in [5.41, 5.74) is 1.62. The molecule has 3 N–H and O–H groups in total. The number of aromatic nitrogens is 2. The van der Waals surface area contributed by atoms with E-state index < -0.39 is 0 Å². The van der Waals surface area contributed by atoms with Crippen LogP contribution < -0.4 is 10.6 Å². The van der Waals surface area contributed by atoms with Gasteiger partial charge >= 0.3 is 0 Å². The third-order valence-corrected chi connectivity index (χ3v) is 2.58. The van der Waals surface area contributed by atoms with E-state index in [4.69, 9.17) is 0 Å². The number of nitrogens with one attached hydrogen (secondary N) is 3. The molecule has 0 radical (unpaired) electrons. The lowest BCUT2D eigenvalue weighted by molar-refractivity contribution is 0.0943. The minimum absolute atomic E-state index is 0.0485. The van der Waals surface area contributed by atoms with Crippen LogP contribution in [0.5, 0.6) is 0 Å². The molecule has 1 aromatic carbocycles. The first kappa shape index (κ1) is 13.1. The van der Waals surface area contributed by atoms with Gasteiger partial charge in [-0.2, -0.15) is 0 Å². The van der Waals surface area contributed by atoms with Crippen molar-refractivity contribution in [3.05, 3.63) is 48.0 Å². The van der Waals surface area contributed by atoms with Crippen molar-refractivity contribution >= 4 is 11.6 Å². The van der Waals surface area contributed by atoms with Crippen LogP contribution in [0.2, 0.25) is 0 Å². The van der Waals surface area contributed by atoms with Gasteiger partial charge < -0.3 is 15.6 Å². The number of anilines is 1. The standard InChI is InChI=1S/C14H18N4O/c1-10(2)18-14(19)11-3-5-12(6-4-11)17-9-13-15-7-8-16-13/h3-8,10,17H,9H2,1-2H3,(H,15,16)(H,18,19). The van der Waals surface area contributed by atoms with Gasteiger partial charge in [0.25, 0.3) is 5.91 Å². The molecular formula is C14H18N4O. The molecular weight excluding hydrogens is 240 g/mol. The van der Waals surface area contributed by atoms with Crippen molar-refractivity contribution in [3.8, 4) is 0 Å². The Morgan fingerprint density at radius 1 is 1.32 bits per heavy atom. The zero-order valence-electron chi connectivity index (χ0n) is 11.1. The normalized spacial score (nSPS) is 10.5. The molecule has 0 unspecified atom stereocenters. The van der Waals surface area contributed by atoms with E-state index in [0.29, 0.717) is 12.1 Å². The summed E-state index contributed by atoms with van der Waals surface area (Å²) in [6.45, 7) is 4.51. The highest BCUT2D eigenvalue weighted by Crippen LogP contribution is 2.10. The maximum atomic E-state index is 11.8. The molecule has 0 saturated carbocycles. The quantitative estimate of drug-likeness (QED) is 0.769. The van der Waals surface area contributed by atoms with E-state index in [1.54, 1.807) is 12.4 Å². The molecule has 1 heterocycles. The number of hydrogen-bond acceptors (Lipinski definition) is 3. The molecule has 0 aliphatic rings. The van der Waals surface area contributed by atoms with Crippen molar-refractivity contribution in [2.24, 2.45) is 0 Å². The molecule has 2 rings (SSSR count). The lowest BCUT2D eigenvalue weighted by atomic mass is 10.2. The van der Waals surface area contributed by atoms with Crippen LogP contribution in [-0.2, 0) is 6.54 Å².